The van der Waals surface area contributed by atoms with Crippen molar-refractivity contribution in [1.82, 2.24) is 5.32 Å². The van der Waals surface area contributed by atoms with Crippen LogP contribution >= 0.6 is 0 Å². The van der Waals surface area contributed by atoms with Gasteiger partial charge in [-0.15, -0.1) is 0 Å². The van der Waals surface area contributed by atoms with Crippen molar-refractivity contribution >= 4 is 11.9 Å². The van der Waals surface area contributed by atoms with Crippen LogP contribution in [0.1, 0.15) is 271 Å². The van der Waals surface area contributed by atoms with Crippen molar-refractivity contribution in [2.75, 3.05) is 13.2 Å². The van der Waals surface area contributed by atoms with E-state index in [9.17, 15) is 19.8 Å². The number of rotatable bonds is 48. The third-order valence-corrected chi connectivity index (χ3v) is 11.9. The molecule has 0 saturated heterocycles. The summed E-state index contributed by atoms with van der Waals surface area (Å²) in [6.45, 7) is 4.83. The van der Waals surface area contributed by atoms with Crippen LogP contribution < -0.4 is 5.32 Å². The van der Waals surface area contributed by atoms with E-state index in [2.05, 4.69) is 43.5 Å². The molecule has 3 N–H and O–H groups in total. The maximum atomic E-state index is 12.4. The van der Waals surface area contributed by atoms with E-state index in [1.54, 1.807) is 6.08 Å². The van der Waals surface area contributed by atoms with Crippen molar-refractivity contribution in [3.63, 3.8) is 0 Å². The van der Waals surface area contributed by atoms with Gasteiger partial charge in [-0.3, -0.25) is 9.59 Å². The van der Waals surface area contributed by atoms with Gasteiger partial charge in [0, 0.05) is 12.8 Å². The minimum absolute atomic E-state index is 0.0279. The molecule has 6 heteroatoms. The fourth-order valence-corrected chi connectivity index (χ4v) is 7.80. The van der Waals surface area contributed by atoms with E-state index in [-0.39, 0.29) is 18.5 Å². The van der Waals surface area contributed by atoms with Crippen LogP contribution in [0.5, 0.6) is 0 Å². The Morgan fingerprint density at radius 1 is 0.450 bits per heavy atom. The van der Waals surface area contributed by atoms with Crippen LogP contribution in [-0.4, -0.2) is 47.4 Å². The van der Waals surface area contributed by atoms with Crippen molar-refractivity contribution in [2.45, 2.75) is 283 Å². The molecule has 0 saturated carbocycles. The summed E-state index contributed by atoms with van der Waals surface area (Å²) in [5.41, 5.74) is 0. The molecule has 0 radical (unpaired) electrons. The van der Waals surface area contributed by atoms with Crippen LogP contribution in [0.2, 0.25) is 0 Å². The number of nitrogens with one attached hydrogen (secondary N) is 1. The number of ether oxygens (including phenoxy) is 1. The smallest absolute Gasteiger partial charge is 0.305 e. The van der Waals surface area contributed by atoms with Gasteiger partial charge in [-0.25, -0.2) is 0 Å². The van der Waals surface area contributed by atoms with Crippen molar-refractivity contribution in [2.24, 2.45) is 0 Å². The number of esters is 1. The predicted octanol–water partition coefficient (Wildman–Crippen LogP) is 15.7. The molecule has 6 nitrogen and oxygen atoms in total. The summed E-state index contributed by atoms with van der Waals surface area (Å²) in [6, 6.07) is -0.646. The molecule has 0 aromatic rings. The van der Waals surface area contributed by atoms with E-state index < -0.39 is 12.1 Å². The summed E-state index contributed by atoms with van der Waals surface area (Å²) in [6.07, 6.45) is 60.0. The Morgan fingerprint density at radius 3 is 1.18 bits per heavy atom. The summed E-state index contributed by atoms with van der Waals surface area (Å²) < 4.78 is 5.45. The molecular formula is C54H101NO5. The molecule has 0 fully saturated rings. The van der Waals surface area contributed by atoms with E-state index in [1.807, 2.05) is 6.08 Å². The Hall–Kier alpha value is -1.92. The summed E-state index contributed by atoms with van der Waals surface area (Å²) in [5, 5.41) is 23.0. The quantitative estimate of drug-likeness (QED) is 0.0322. The lowest BCUT2D eigenvalue weighted by Crippen LogP contribution is -2.45. The van der Waals surface area contributed by atoms with Crippen LogP contribution in [0.4, 0.5) is 0 Å². The second-order valence-electron chi connectivity index (χ2n) is 17.8. The van der Waals surface area contributed by atoms with Gasteiger partial charge in [-0.05, 0) is 89.9 Å². The summed E-state index contributed by atoms with van der Waals surface area (Å²) in [4.78, 5) is 24.5. The van der Waals surface area contributed by atoms with Gasteiger partial charge in [0.2, 0.25) is 5.91 Å². The molecule has 0 heterocycles. The Labute approximate surface area is 373 Å². The average Bonchev–Trinajstić information content (AvgIpc) is 3.25. The van der Waals surface area contributed by atoms with E-state index in [0.717, 1.165) is 83.5 Å². The lowest BCUT2D eigenvalue weighted by atomic mass is 10.0. The second-order valence-corrected chi connectivity index (χ2v) is 17.8. The fraction of sp³-hybridized carbons (Fsp3) is 0.852. The number of hydrogen-bond acceptors (Lipinski definition) is 5. The monoisotopic (exact) mass is 844 g/mol. The van der Waals surface area contributed by atoms with Gasteiger partial charge in [0.25, 0.3) is 0 Å². The Kier molecular flexibility index (Phi) is 48.1. The first-order valence-corrected chi connectivity index (χ1v) is 26.3. The second kappa shape index (κ2) is 49.7. The molecule has 0 spiro atoms. The van der Waals surface area contributed by atoms with Crippen LogP contribution in [0, 0.1) is 0 Å². The molecule has 0 aliphatic rings. The fourth-order valence-electron chi connectivity index (χ4n) is 7.80. The zero-order chi connectivity index (χ0) is 43.7. The highest BCUT2D eigenvalue weighted by atomic mass is 16.5. The third kappa shape index (κ3) is 45.6. The van der Waals surface area contributed by atoms with Gasteiger partial charge in [-0.1, -0.05) is 204 Å². The van der Waals surface area contributed by atoms with Gasteiger partial charge in [0.1, 0.15) is 0 Å². The summed E-state index contributed by atoms with van der Waals surface area (Å²) in [5.74, 6) is -0.123. The van der Waals surface area contributed by atoms with Crippen LogP contribution in [0.15, 0.2) is 36.5 Å². The van der Waals surface area contributed by atoms with Gasteiger partial charge in [0.05, 0.1) is 25.4 Å². The topological polar surface area (TPSA) is 95.9 Å². The highest BCUT2D eigenvalue weighted by Crippen LogP contribution is 2.15. The average molecular weight is 844 g/mol. The Bertz CT molecular complexity index is 977. The number of aliphatic hydroxyl groups is 2. The molecule has 0 aromatic carbocycles. The first-order chi connectivity index (χ1) is 29.5. The number of hydrogen-bond donors (Lipinski definition) is 3. The molecule has 0 aliphatic carbocycles. The molecule has 60 heavy (non-hydrogen) atoms. The zero-order valence-corrected chi connectivity index (χ0v) is 39.9. The number of unbranched alkanes of at least 4 members (excludes halogenated alkanes) is 33. The van der Waals surface area contributed by atoms with Gasteiger partial charge < -0.3 is 20.3 Å². The maximum absolute atomic E-state index is 12.4. The van der Waals surface area contributed by atoms with E-state index in [4.69, 9.17) is 4.74 Å². The number of amides is 1. The number of carbonyl (C=O) groups is 2. The van der Waals surface area contributed by atoms with Crippen molar-refractivity contribution in [1.29, 1.82) is 0 Å². The molecule has 0 aromatic heterocycles. The molecule has 2 unspecified atom stereocenters. The summed E-state index contributed by atoms with van der Waals surface area (Å²) >= 11 is 0. The minimum atomic E-state index is -0.860. The first kappa shape index (κ1) is 58.1. The number of aliphatic hydroxyl groups excluding tert-OH is 2. The Balaban J connectivity index is 3.52. The molecule has 0 rings (SSSR count). The zero-order valence-electron chi connectivity index (χ0n) is 39.9. The Morgan fingerprint density at radius 2 is 0.783 bits per heavy atom. The third-order valence-electron chi connectivity index (χ3n) is 11.9. The normalized spacial score (nSPS) is 12.9. The van der Waals surface area contributed by atoms with Crippen LogP contribution in [0.3, 0.4) is 0 Å². The highest BCUT2D eigenvalue weighted by molar-refractivity contribution is 5.76. The number of carbonyl (C=O) groups excluding carboxylic acids is 2. The van der Waals surface area contributed by atoms with Gasteiger partial charge >= 0.3 is 5.97 Å². The van der Waals surface area contributed by atoms with Crippen LogP contribution in [0.25, 0.3) is 0 Å². The van der Waals surface area contributed by atoms with Crippen LogP contribution in [-0.2, 0) is 14.3 Å². The SMILES string of the molecule is CCCCCCCCC/C=C\CCCCCCCCCC(=O)OCCCCC/C=C\CCCCCCCC(=O)NC(CO)C(O)/C=C/CCCCCCCCCCCCC. The van der Waals surface area contributed by atoms with Crippen molar-refractivity contribution in [3.05, 3.63) is 36.5 Å². The van der Waals surface area contributed by atoms with Gasteiger partial charge in [-0.2, -0.15) is 0 Å². The highest BCUT2D eigenvalue weighted by Gasteiger charge is 2.18. The van der Waals surface area contributed by atoms with Crippen molar-refractivity contribution in [3.8, 4) is 0 Å². The molecular weight excluding hydrogens is 743 g/mol. The minimum Gasteiger partial charge on any atom is -0.466 e. The van der Waals surface area contributed by atoms with E-state index >= 15 is 0 Å². The largest absolute Gasteiger partial charge is 0.466 e. The van der Waals surface area contributed by atoms with Gasteiger partial charge in [0.15, 0.2) is 0 Å². The van der Waals surface area contributed by atoms with E-state index in [0.29, 0.717) is 19.4 Å². The lowest BCUT2D eigenvalue weighted by Gasteiger charge is -2.20. The lowest BCUT2D eigenvalue weighted by molar-refractivity contribution is -0.143. The van der Waals surface area contributed by atoms with E-state index in [1.165, 1.54) is 161 Å². The standard InChI is InChI=1S/C54H101NO5/c1-3-5-7-9-11-13-15-17-18-19-20-21-23-28-32-36-40-44-48-54(59)60-49-45-41-37-33-29-25-24-27-31-35-39-43-47-53(58)55-51(50-56)52(57)46-42-38-34-30-26-22-16-14-12-10-8-6-4-2/h18-19,25,29,42,46,51-52,56-57H,3-17,20-24,26-28,30-41,43-45,47-50H2,1-2H3,(H,55,58)/b19-18-,29-25-,46-42+. The molecule has 0 aliphatic heterocycles. The molecule has 2 atom stereocenters. The predicted molar refractivity (Wildman–Crippen MR) is 259 cm³/mol. The maximum Gasteiger partial charge on any atom is 0.305 e. The number of allylic oxidation sites excluding steroid dienone is 5. The molecule has 1 amide bonds. The molecule has 0 bridgehead atoms. The first-order valence-electron chi connectivity index (χ1n) is 26.3. The summed E-state index contributed by atoms with van der Waals surface area (Å²) in [7, 11) is 0. The van der Waals surface area contributed by atoms with Crippen molar-refractivity contribution < 1.29 is 24.5 Å². The molecule has 352 valence electrons.